The van der Waals surface area contributed by atoms with Crippen LogP contribution in [-0.2, 0) is 0 Å². The maximum atomic E-state index is 12.5. The second-order valence-electron chi connectivity index (χ2n) is 6.06. The fourth-order valence-corrected chi connectivity index (χ4v) is 2.66. The minimum Gasteiger partial charge on any atom is -0.493 e. The van der Waals surface area contributed by atoms with E-state index in [0.717, 1.165) is 5.75 Å². The normalized spacial score (nSPS) is 10.1. The molecule has 150 valence electrons. The highest BCUT2D eigenvalue weighted by molar-refractivity contribution is 6.04. The zero-order chi connectivity index (χ0) is 20.5. The van der Waals surface area contributed by atoms with Crippen LogP contribution in [0.2, 0.25) is 0 Å². The summed E-state index contributed by atoms with van der Waals surface area (Å²) >= 11 is 0. The smallest absolute Gasteiger partial charge is 0.255 e. The van der Waals surface area contributed by atoms with E-state index in [1.807, 2.05) is 30.3 Å². The number of para-hydroxylation sites is 1. The fraction of sp³-hybridized carbons (Fsp3) is 0.174. The minimum atomic E-state index is -0.226. The van der Waals surface area contributed by atoms with Gasteiger partial charge in [-0.3, -0.25) is 4.79 Å². The lowest BCUT2D eigenvalue weighted by atomic mass is 10.2. The van der Waals surface area contributed by atoms with Crippen LogP contribution >= 0.6 is 0 Å². The molecule has 1 amide bonds. The van der Waals surface area contributed by atoms with E-state index < -0.39 is 0 Å². The first kappa shape index (κ1) is 20.1. The Balaban J connectivity index is 1.51. The fourth-order valence-electron chi connectivity index (χ4n) is 2.66. The number of nitrogens with one attached hydrogen (secondary N) is 1. The first-order chi connectivity index (χ1) is 14.2. The Kier molecular flexibility index (Phi) is 6.95. The number of carbonyl (C=O) groups is 1. The molecule has 0 spiro atoms. The molecular weight excluding hydrogens is 370 g/mol. The molecule has 6 nitrogen and oxygen atoms in total. The molecule has 29 heavy (non-hydrogen) atoms. The molecule has 1 N–H and O–H groups in total. The van der Waals surface area contributed by atoms with Crippen molar-refractivity contribution in [3.8, 4) is 23.0 Å². The van der Waals surface area contributed by atoms with Crippen molar-refractivity contribution >= 4 is 11.6 Å². The Morgan fingerprint density at radius 3 is 2.00 bits per heavy atom. The van der Waals surface area contributed by atoms with Crippen molar-refractivity contribution in [2.75, 3.05) is 32.8 Å². The number of methoxy groups -OCH3 is 2. The molecule has 0 fully saturated rings. The topological polar surface area (TPSA) is 66.0 Å². The second-order valence-corrected chi connectivity index (χ2v) is 6.06. The molecule has 0 unspecified atom stereocenters. The van der Waals surface area contributed by atoms with Gasteiger partial charge in [0.15, 0.2) is 11.5 Å². The largest absolute Gasteiger partial charge is 0.493 e. The van der Waals surface area contributed by atoms with Crippen LogP contribution < -0.4 is 24.3 Å². The van der Waals surface area contributed by atoms with Crippen LogP contribution in [0.5, 0.6) is 23.0 Å². The number of hydrogen-bond acceptors (Lipinski definition) is 5. The molecule has 0 saturated carbocycles. The molecule has 0 aliphatic carbocycles. The second kappa shape index (κ2) is 10.0. The van der Waals surface area contributed by atoms with E-state index in [4.69, 9.17) is 18.9 Å². The van der Waals surface area contributed by atoms with Crippen LogP contribution in [0.25, 0.3) is 0 Å². The molecule has 0 radical (unpaired) electrons. The van der Waals surface area contributed by atoms with E-state index in [9.17, 15) is 4.79 Å². The van der Waals surface area contributed by atoms with E-state index >= 15 is 0 Å². The van der Waals surface area contributed by atoms with E-state index in [1.165, 1.54) is 0 Å². The van der Waals surface area contributed by atoms with Crippen molar-refractivity contribution in [2.24, 2.45) is 0 Å². The van der Waals surface area contributed by atoms with Crippen LogP contribution in [0.15, 0.2) is 72.8 Å². The van der Waals surface area contributed by atoms with Gasteiger partial charge in [0.05, 0.1) is 14.2 Å². The zero-order valence-corrected chi connectivity index (χ0v) is 16.4. The van der Waals surface area contributed by atoms with Gasteiger partial charge in [-0.2, -0.15) is 0 Å². The van der Waals surface area contributed by atoms with Crippen molar-refractivity contribution in [1.82, 2.24) is 0 Å². The summed E-state index contributed by atoms with van der Waals surface area (Å²) in [6.07, 6.45) is 0. The number of hydrogen-bond donors (Lipinski definition) is 1. The highest BCUT2D eigenvalue weighted by Gasteiger charge is 2.09. The average Bonchev–Trinajstić information content (AvgIpc) is 2.77. The van der Waals surface area contributed by atoms with Crippen LogP contribution in [0.3, 0.4) is 0 Å². The van der Waals surface area contributed by atoms with E-state index in [-0.39, 0.29) is 5.91 Å². The van der Waals surface area contributed by atoms with Gasteiger partial charge >= 0.3 is 0 Å². The Hall–Kier alpha value is -3.67. The predicted octanol–water partition coefficient (Wildman–Crippen LogP) is 4.41. The maximum absolute atomic E-state index is 12.5. The van der Waals surface area contributed by atoms with Crippen LogP contribution in [0, 0.1) is 0 Å². The Bertz CT molecular complexity index is 926. The maximum Gasteiger partial charge on any atom is 0.255 e. The molecule has 3 aromatic rings. The van der Waals surface area contributed by atoms with Crippen molar-refractivity contribution in [1.29, 1.82) is 0 Å². The van der Waals surface area contributed by atoms with Gasteiger partial charge in [0.25, 0.3) is 5.91 Å². The third-order valence-corrected chi connectivity index (χ3v) is 4.12. The van der Waals surface area contributed by atoms with Crippen LogP contribution in [0.4, 0.5) is 5.69 Å². The summed E-state index contributed by atoms with van der Waals surface area (Å²) in [5.74, 6) is 2.40. The van der Waals surface area contributed by atoms with Crippen molar-refractivity contribution in [3.05, 3.63) is 78.4 Å². The van der Waals surface area contributed by atoms with Gasteiger partial charge in [-0.1, -0.05) is 18.2 Å². The monoisotopic (exact) mass is 393 g/mol. The van der Waals surface area contributed by atoms with Gasteiger partial charge in [0.1, 0.15) is 24.7 Å². The summed E-state index contributed by atoms with van der Waals surface area (Å²) in [4.78, 5) is 12.5. The number of carbonyl (C=O) groups excluding carboxylic acids is 1. The summed E-state index contributed by atoms with van der Waals surface area (Å²) in [5, 5.41) is 2.84. The van der Waals surface area contributed by atoms with Gasteiger partial charge in [-0.25, -0.2) is 0 Å². The minimum absolute atomic E-state index is 0.226. The molecule has 0 aliphatic rings. The summed E-state index contributed by atoms with van der Waals surface area (Å²) in [5.41, 5.74) is 1.14. The molecule has 0 saturated heterocycles. The Morgan fingerprint density at radius 1 is 0.759 bits per heavy atom. The third-order valence-electron chi connectivity index (χ3n) is 4.12. The van der Waals surface area contributed by atoms with E-state index in [2.05, 4.69) is 5.32 Å². The molecule has 3 rings (SSSR count). The molecule has 0 aliphatic heterocycles. The molecule has 0 atom stereocenters. The van der Waals surface area contributed by atoms with Gasteiger partial charge in [0, 0.05) is 17.3 Å². The molecule has 0 bridgehead atoms. The van der Waals surface area contributed by atoms with Gasteiger partial charge in [0.2, 0.25) is 0 Å². The van der Waals surface area contributed by atoms with Crippen molar-refractivity contribution in [2.45, 2.75) is 0 Å². The van der Waals surface area contributed by atoms with Crippen molar-refractivity contribution < 1.29 is 23.7 Å². The molecule has 3 aromatic carbocycles. The molecule has 0 aromatic heterocycles. The Labute approximate surface area is 170 Å². The molecule has 6 heteroatoms. The number of ether oxygens (including phenoxy) is 4. The lowest BCUT2D eigenvalue weighted by Crippen LogP contribution is -2.12. The van der Waals surface area contributed by atoms with Crippen LogP contribution in [0.1, 0.15) is 10.4 Å². The third kappa shape index (κ3) is 5.65. The summed E-state index contributed by atoms with van der Waals surface area (Å²) in [7, 11) is 3.11. The summed E-state index contributed by atoms with van der Waals surface area (Å²) in [6, 6.07) is 21.7. The highest BCUT2D eigenvalue weighted by Crippen LogP contribution is 2.30. The summed E-state index contributed by atoms with van der Waals surface area (Å²) in [6.45, 7) is 0.845. The standard InChI is InChI=1S/C23H23NO5/c1-26-21-13-10-18(16-22(21)27-2)24-23(25)17-8-11-20(12-9-17)29-15-14-28-19-6-4-3-5-7-19/h3-13,16H,14-15H2,1-2H3,(H,24,25). The predicted molar refractivity (Wildman–Crippen MR) is 111 cm³/mol. The lowest BCUT2D eigenvalue weighted by Gasteiger charge is -2.11. The van der Waals surface area contributed by atoms with Gasteiger partial charge < -0.3 is 24.3 Å². The first-order valence-electron chi connectivity index (χ1n) is 9.13. The van der Waals surface area contributed by atoms with E-state index in [1.54, 1.807) is 56.7 Å². The number of amides is 1. The zero-order valence-electron chi connectivity index (χ0n) is 16.4. The number of rotatable bonds is 9. The first-order valence-corrected chi connectivity index (χ1v) is 9.13. The van der Waals surface area contributed by atoms with Crippen molar-refractivity contribution in [3.63, 3.8) is 0 Å². The summed E-state index contributed by atoms with van der Waals surface area (Å²) < 4.78 is 21.7. The molecule has 0 heterocycles. The Morgan fingerprint density at radius 2 is 1.38 bits per heavy atom. The number of benzene rings is 3. The average molecular weight is 393 g/mol. The van der Waals surface area contributed by atoms with E-state index in [0.29, 0.717) is 41.7 Å². The number of anilines is 1. The lowest BCUT2D eigenvalue weighted by molar-refractivity contribution is 0.102. The van der Waals surface area contributed by atoms with Gasteiger partial charge in [-0.05, 0) is 48.5 Å². The quantitative estimate of drug-likeness (QED) is 0.546. The van der Waals surface area contributed by atoms with Gasteiger partial charge in [-0.15, -0.1) is 0 Å². The molecular formula is C23H23NO5. The van der Waals surface area contributed by atoms with Crippen LogP contribution in [-0.4, -0.2) is 33.3 Å². The highest BCUT2D eigenvalue weighted by atomic mass is 16.5. The SMILES string of the molecule is COc1ccc(NC(=O)c2ccc(OCCOc3ccccc3)cc2)cc1OC.